The van der Waals surface area contributed by atoms with Crippen LogP contribution in [-0.4, -0.2) is 31.3 Å². The Balaban J connectivity index is 2.20. The van der Waals surface area contributed by atoms with Crippen LogP contribution in [0, 0.1) is 0 Å². The summed E-state index contributed by atoms with van der Waals surface area (Å²) in [6, 6.07) is 6.09. The molecule has 0 fully saturated rings. The van der Waals surface area contributed by atoms with Gasteiger partial charge in [-0.15, -0.1) is 11.3 Å². The molecule has 0 aliphatic carbocycles. The van der Waals surface area contributed by atoms with Crippen LogP contribution in [0.3, 0.4) is 0 Å². The second kappa shape index (κ2) is 9.91. The van der Waals surface area contributed by atoms with Crippen molar-refractivity contribution in [3.8, 4) is 0 Å². The zero-order chi connectivity index (χ0) is 21.6. The van der Waals surface area contributed by atoms with Crippen molar-refractivity contribution < 1.29 is 18.0 Å². The fraction of sp³-hybridized carbons (Fsp3) is 0.263. The molecule has 0 saturated heterocycles. The lowest BCUT2D eigenvalue weighted by Crippen LogP contribution is -2.41. The molecule has 0 aliphatic heterocycles. The molecule has 1 heterocycles. The first-order valence-corrected chi connectivity index (χ1v) is 9.71. The van der Waals surface area contributed by atoms with Crippen molar-refractivity contribution in [3.05, 3.63) is 68.5 Å². The Morgan fingerprint density at radius 1 is 1.38 bits per heavy atom. The third-order valence-electron chi connectivity index (χ3n) is 4.09. The summed E-state index contributed by atoms with van der Waals surface area (Å²) in [6.45, 7) is -0.0263. The highest BCUT2D eigenvalue weighted by Gasteiger charge is 2.33. The van der Waals surface area contributed by atoms with Crippen LogP contribution in [0.1, 0.15) is 26.4 Å². The first-order valence-electron chi connectivity index (χ1n) is 8.52. The molecule has 1 amide bonds. The van der Waals surface area contributed by atoms with Gasteiger partial charge in [-0.25, -0.2) is 0 Å². The first-order chi connectivity index (χ1) is 13.7. The molecular formula is C19H20ClF3N4OS. The quantitative estimate of drug-likeness (QED) is 0.569. The van der Waals surface area contributed by atoms with Crippen LogP contribution in [0.15, 0.2) is 47.6 Å². The summed E-state index contributed by atoms with van der Waals surface area (Å²) in [5.41, 5.74) is 11.4. The predicted molar refractivity (Wildman–Crippen MR) is 111 cm³/mol. The highest BCUT2D eigenvalue weighted by atomic mass is 35.5. The lowest BCUT2D eigenvalue weighted by molar-refractivity contribution is -0.138. The summed E-state index contributed by atoms with van der Waals surface area (Å²) in [4.78, 5) is 17.0. The van der Waals surface area contributed by atoms with E-state index in [2.05, 4.69) is 10.3 Å². The molecule has 1 atom stereocenters. The van der Waals surface area contributed by atoms with Gasteiger partial charge in [0.2, 0.25) is 0 Å². The minimum absolute atomic E-state index is 0.0263. The number of alkyl halides is 3. The Morgan fingerprint density at radius 3 is 2.66 bits per heavy atom. The van der Waals surface area contributed by atoms with E-state index in [0.29, 0.717) is 20.5 Å². The van der Waals surface area contributed by atoms with Gasteiger partial charge in [-0.2, -0.15) is 13.2 Å². The molecule has 0 spiro atoms. The van der Waals surface area contributed by atoms with Crippen LogP contribution in [0.5, 0.6) is 0 Å². The Morgan fingerprint density at radius 2 is 2.07 bits per heavy atom. The molecule has 0 radical (unpaired) electrons. The van der Waals surface area contributed by atoms with Crippen molar-refractivity contribution in [1.82, 2.24) is 5.32 Å². The number of carbonyl (C=O) groups is 1. The molecule has 5 N–H and O–H groups in total. The maximum Gasteiger partial charge on any atom is 0.416 e. The maximum absolute atomic E-state index is 13.2. The summed E-state index contributed by atoms with van der Waals surface area (Å²) in [5, 5.41) is 2.68. The monoisotopic (exact) mass is 444 g/mol. The van der Waals surface area contributed by atoms with Crippen molar-refractivity contribution in [3.63, 3.8) is 0 Å². The zero-order valence-corrected chi connectivity index (χ0v) is 17.0. The number of benzene rings is 1. The fourth-order valence-corrected chi connectivity index (χ4v) is 3.92. The Bertz CT molecular complexity index is 924. The third-order valence-corrected chi connectivity index (χ3v) is 5.45. The van der Waals surface area contributed by atoms with Gasteiger partial charge < -0.3 is 16.8 Å². The SMILES string of the molecule is CN=C(C=CN)c1cc(C(=O)N[C@H](CN)Cc2ccccc2C(F)(F)F)sc1Cl. The lowest BCUT2D eigenvalue weighted by Gasteiger charge is -2.19. The van der Waals surface area contributed by atoms with Crippen LogP contribution in [0.25, 0.3) is 0 Å². The molecule has 0 aliphatic rings. The van der Waals surface area contributed by atoms with E-state index in [-0.39, 0.29) is 18.5 Å². The molecule has 0 bridgehead atoms. The number of aliphatic imine (C=N–C) groups is 1. The van der Waals surface area contributed by atoms with Crippen LogP contribution in [0.4, 0.5) is 13.2 Å². The second-order valence-corrected chi connectivity index (χ2v) is 7.69. The Hall–Kier alpha value is -2.36. The number of hydrogen-bond acceptors (Lipinski definition) is 5. The summed E-state index contributed by atoms with van der Waals surface area (Å²) < 4.78 is 39.9. The zero-order valence-electron chi connectivity index (χ0n) is 15.5. The molecule has 1 aromatic carbocycles. The first kappa shape index (κ1) is 22.9. The highest BCUT2D eigenvalue weighted by molar-refractivity contribution is 7.18. The molecule has 0 saturated carbocycles. The van der Waals surface area contributed by atoms with Crippen molar-refractivity contribution in [2.75, 3.05) is 13.6 Å². The fourth-order valence-electron chi connectivity index (χ4n) is 2.72. The normalized spacial score (nSPS) is 13.7. The van der Waals surface area contributed by atoms with E-state index < -0.39 is 23.7 Å². The van der Waals surface area contributed by atoms with Crippen molar-refractivity contribution in [2.45, 2.75) is 18.6 Å². The van der Waals surface area contributed by atoms with E-state index in [9.17, 15) is 18.0 Å². The second-order valence-electron chi connectivity index (χ2n) is 6.03. The molecule has 2 aromatic rings. The van der Waals surface area contributed by atoms with Crippen molar-refractivity contribution in [2.24, 2.45) is 16.5 Å². The van der Waals surface area contributed by atoms with Gasteiger partial charge in [0, 0.05) is 25.2 Å². The van der Waals surface area contributed by atoms with Gasteiger partial charge >= 0.3 is 6.18 Å². The molecule has 0 unspecified atom stereocenters. The van der Waals surface area contributed by atoms with Crippen LogP contribution < -0.4 is 16.8 Å². The molecular weight excluding hydrogens is 425 g/mol. The number of nitrogens with one attached hydrogen (secondary N) is 1. The average molecular weight is 445 g/mol. The van der Waals surface area contributed by atoms with E-state index in [0.717, 1.165) is 17.4 Å². The number of amides is 1. The predicted octanol–water partition coefficient (Wildman–Crippen LogP) is 3.61. The van der Waals surface area contributed by atoms with Gasteiger partial charge in [-0.3, -0.25) is 9.79 Å². The van der Waals surface area contributed by atoms with Crippen LogP contribution in [-0.2, 0) is 12.6 Å². The van der Waals surface area contributed by atoms with E-state index in [1.165, 1.54) is 24.4 Å². The minimum atomic E-state index is -4.48. The van der Waals surface area contributed by atoms with Gasteiger partial charge in [0.05, 0.1) is 16.2 Å². The highest BCUT2D eigenvalue weighted by Crippen LogP contribution is 2.32. The lowest BCUT2D eigenvalue weighted by atomic mass is 9.99. The van der Waals surface area contributed by atoms with Gasteiger partial charge in [0.25, 0.3) is 5.91 Å². The number of rotatable bonds is 7. The summed E-state index contributed by atoms with van der Waals surface area (Å²) >= 11 is 7.24. The minimum Gasteiger partial charge on any atom is -0.405 e. The van der Waals surface area contributed by atoms with Crippen LogP contribution in [0.2, 0.25) is 4.34 Å². The molecule has 10 heteroatoms. The number of hydrogen-bond donors (Lipinski definition) is 3. The van der Waals surface area contributed by atoms with Gasteiger partial charge in [0.15, 0.2) is 0 Å². The molecule has 156 valence electrons. The number of nitrogens with zero attached hydrogens (tertiary/aromatic N) is 1. The summed E-state index contributed by atoms with van der Waals surface area (Å²) in [6.07, 6.45) is -1.69. The van der Waals surface area contributed by atoms with Gasteiger partial charge in [-0.1, -0.05) is 29.8 Å². The van der Waals surface area contributed by atoms with Gasteiger partial charge in [0.1, 0.15) is 4.34 Å². The molecule has 5 nitrogen and oxygen atoms in total. The van der Waals surface area contributed by atoms with E-state index in [1.54, 1.807) is 19.2 Å². The van der Waals surface area contributed by atoms with E-state index >= 15 is 0 Å². The maximum atomic E-state index is 13.2. The third kappa shape index (κ3) is 5.81. The molecule has 1 aromatic heterocycles. The number of halogens is 4. The topological polar surface area (TPSA) is 93.5 Å². The Kier molecular flexibility index (Phi) is 7.83. The number of thiophene rings is 1. The van der Waals surface area contributed by atoms with Crippen molar-refractivity contribution >= 4 is 34.6 Å². The van der Waals surface area contributed by atoms with E-state index in [4.69, 9.17) is 23.1 Å². The van der Waals surface area contributed by atoms with Crippen LogP contribution >= 0.6 is 22.9 Å². The van der Waals surface area contributed by atoms with Crippen molar-refractivity contribution in [1.29, 1.82) is 0 Å². The molecule has 2 rings (SSSR count). The summed E-state index contributed by atoms with van der Waals surface area (Å²) in [5.74, 6) is -0.477. The number of carbonyl (C=O) groups excluding carboxylic acids is 1. The number of nitrogens with two attached hydrogens (primary N) is 2. The largest absolute Gasteiger partial charge is 0.416 e. The Labute approximate surface area is 175 Å². The number of allylic oxidation sites excluding steroid dienone is 1. The smallest absolute Gasteiger partial charge is 0.405 e. The van der Waals surface area contributed by atoms with E-state index in [1.807, 2.05) is 0 Å². The average Bonchev–Trinajstić information content (AvgIpc) is 3.06. The molecule has 29 heavy (non-hydrogen) atoms. The van der Waals surface area contributed by atoms with Gasteiger partial charge in [-0.05, 0) is 36.4 Å². The summed E-state index contributed by atoms with van der Waals surface area (Å²) in [7, 11) is 1.56. The standard InChI is InChI=1S/C19H20ClF3N4OS/c1-26-15(6-7-24)13-9-16(29-17(13)20)18(28)27-12(10-25)8-11-4-2-3-5-14(11)19(21,22)23/h2-7,9,12H,8,10,24-25H2,1H3,(H,27,28)/t12-/m0/s1.